The summed E-state index contributed by atoms with van der Waals surface area (Å²) in [7, 11) is 0. The van der Waals surface area contributed by atoms with E-state index in [2.05, 4.69) is 15.5 Å². The Hall–Kier alpha value is -4.34. The van der Waals surface area contributed by atoms with Gasteiger partial charge in [-0.2, -0.15) is 10.2 Å². The van der Waals surface area contributed by atoms with Crippen LogP contribution in [0.2, 0.25) is 0 Å². The molecule has 0 aliphatic carbocycles. The molecule has 10 heteroatoms. The third-order valence-corrected chi connectivity index (χ3v) is 5.17. The molecule has 0 aliphatic rings. The van der Waals surface area contributed by atoms with Crippen molar-refractivity contribution in [1.82, 2.24) is 19.6 Å². The first-order chi connectivity index (χ1) is 15.8. The van der Waals surface area contributed by atoms with Crippen LogP contribution in [0.25, 0.3) is 0 Å². The Bertz CT molecular complexity index is 1340. The first-order valence-electron chi connectivity index (χ1n) is 10.2. The van der Waals surface area contributed by atoms with Gasteiger partial charge in [-0.05, 0) is 49.2 Å². The Kier molecular flexibility index (Phi) is 5.99. The summed E-state index contributed by atoms with van der Waals surface area (Å²) in [5.74, 6) is -0.635. The summed E-state index contributed by atoms with van der Waals surface area (Å²) in [5.41, 5.74) is 3.29. The summed E-state index contributed by atoms with van der Waals surface area (Å²) in [4.78, 5) is 23.5. The number of benzene rings is 2. The molecule has 1 amide bonds. The van der Waals surface area contributed by atoms with Crippen molar-refractivity contribution in [2.75, 3.05) is 5.32 Å². The smallest absolute Gasteiger partial charge is 0.312 e. The number of nitrogens with zero attached hydrogens (tertiary/aromatic N) is 5. The van der Waals surface area contributed by atoms with E-state index in [1.165, 1.54) is 18.3 Å². The fourth-order valence-corrected chi connectivity index (χ4v) is 3.63. The van der Waals surface area contributed by atoms with Crippen molar-refractivity contribution in [3.8, 4) is 0 Å². The number of aromatic nitrogens is 4. The van der Waals surface area contributed by atoms with E-state index in [-0.39, 0.29) is 17.4 Å². The predicted octanol–water partition coefficient (Wildman–Crippen LogP) is 4.09. The summed E-state index contributed by atoms with van der Waals surface area (Å²) in [6, 6.07) is 13.2. The highest BCUT2D eigenvalue weighted by Gasteiger charge is 2.21. The number of rotatable bonds is 7. The number of aryl methyl sites for hydroxylation is 1. The Morgan fingerprint density at radius 1 is 1.12 bits per heavy atom. The van der Waals surface area contributed by atoms with Gasteiger partial charge in [0.2, 0.25) is 0 Å². The first-order valence-corrected chi connectivity index (χ1v) is 10.2. The van der Waals surface area contributed by atoms with E-state index in [1.807, 2.05) is 6.07 Å². The molecule has 4 rings (SSSR count). The summed E-state index contributed by atoms with van der Waals surface area (Å²) in [6.07, 6.45) is 3.19. The van der Waals surface area contributed by atoms with E-state index >= 15 is 0 Å². The number of carbonyl (C=O) groups excluding carboxylic acids is 1. The maximum atomic E-state index is 13.4. The lowest BCUT2D eigenvalue weighted by atomic mass is 10.1. The van der Waals surface area contributed by atoms with E-state index in [0.29, 0.717) is 35.7 Å². The van der Waals surface area contributed by atoms with Gasteiger partial charge in [0.05, 0.1) is 29.9 Å². The number of amides is 1. The maximum Gasteiger partial charge on any atom is 0.312 e. The minimum absolute atomic E-state index is 0.000786. The second kappa shape index (κ2) is 9.03. The Morgan fingerprint density at radius 3 is 2.55 bits per heavy atom. The van der Waals surface area contributed by atoms with Crippen molar-refractivity contribution in [2.45, 2.75) is 26.9 Å². The van der Waals surface area contributed by atoms with Crippen molar-refractivity contribution in [3.63, 3.8) is 0 Å². The molecule has 2 heterocycles. The molecule has 2 aromatic heterocycles. The van der Waals surface area contributed by atoms with Gasteiger partial charge in [-0.3, -0.25) is 24.3 Å². The van der Waals surface area contributed by atoms with Crippen molar-refractivity contribution >= 4 is 17.3 Å². The van der Waals surface area contributed by atoms with E-state index < -0.39 is 4.92 Å². The van der Waals surface area contributed by atoms with Crippen LogP contribution in [0.5, 0.6) is 0 Å². The second-order valence-electron chi connectivity index (χ2n) is 7.65. The van der Waals surface area contributed by atoms with Crippen molar-refractivity contribution in [1.29, 1.82) is 0 Å². The molecule has 0 spiro atoms. The number of hydrogen-bond acceptors (Lipinski definition) is 5. The molecule has 0 fully saturated rings. The number of anilines is 1. The lowest BCUT2D eigenvalue weighted by Gasteiger charge is -2.07. The van der Waals surface area contributed by atoms with Gasteiger partial charge in [-0.25, -0.2) is 4.39 Å². The third kappa shape index (κ3) is 4.95. The number of hydrogen-bond donors (Lipinski definition) is 1. The molecule has 0 radical (unpaired) electrons. The highest BCUT2D eigenvalue weighted by Crippen LogP contribution is 2.23. The van der Waals surface area contributed by atoms with Gasteiger partial charge >= 0.3 is 5.69 Å². The van der Waals surface area contributed by atoms with E-state index in [4.69, 9.17) is 0 Å². The minimum atomic E-state index is -0.438. The molecule has 0 atom stereocenters. The third-order valence-electron chi connectivity index (χ3n) is 5.17. The minimum Gasteiger partial charge on any atom is -0.319 e. The lowest BCUT2D eigenvalue weighted by Crippen LogP contribution is -2.12. The van der Waals surface area contributed by atoms with Crippen LogP contribution in [0, 0.1) is 29.8 Å². The number of halogens is 1. The molecule has 0 saturated heterocycles. The van der Waals surface area contributed by atoms with Crippen LogP contribution in [0.1, 0.15) is 32.9 Å². The molecule has 0 bridgehead atoms. The number of nitro groups is 1. The van der Waals surface area contributed by atoms with Crippen LogP contribution in [-0.2, 0) is 13.1 Å². The summed E-state index contributed by atoms with van der Waals surface area (Å²) in [6.45, 7) is 3.92. The Balaban J connectivity index is 1.45. The zero-order valence-corrected chi connectivity index (χ0v) is 18.0. The zero-order chi connectivity index (χ0) is 23.5. The van der Waals surface area contributed by atoms with Crippen LogP contribution in [0.15, 0.2) is 60.9 Å². The molecule has 0 aliphatic heterocycles. The van der Waals surface area contributed by atoms with Gasteiger partial charge < -0.3 is 5.32 Å². The molecule has 0 saturated carbocycles. The summed E-state index contributed by atoms with van der Waals surface area (Å²) >= 11 is 0. The molecule has 33 heavy (non-hydrogen) atoms. The van der Waals surface area contributed by atoms with Crippen molar-refractivity contribution in [2.24, 2.45) is 0 Å². The fourth-order valence-electron chi connectivity index (χ4n) is 3.63. The Morgan fingerprint density at radius 2 is 1.85 bits per heavy atom. The monoisotopic (exact) mass is 448 g/mol. The highest BCUT2D eigenvalue weighted by molar-refractivity contribution is 6.04. The second-order valence-corrected chi connectivity index (χ2v) is 7.65. The molecular weight excluding hydrogens is 427 g/mol. The SMILES string of the molecule is Cc1nn(Cc2cccc(C(=O)Nc3cnn(Cc4cccc(F)c4)c3)c2)c(C)c1[N+](=O)[O-]. The van der Waals surface area contributed by atoms with E-state index in [1.54, 1.807) is 59.7 Å². The average molecular weight is 448 g/mol. The van der Waals surface area contributed by atoms with Crippen molar-refractivity contribution < 1.29 is 14.1 Å². The van der Waals surface area contributed by atoms with Gasteiger partial charge in [0.15, 0.2) is 0 Å². The summed E-state index contributed by atoms with van der Waals surface area (Å²) < 4.78 is 16.5. The molecule has 9 nitrogen and oxygen atoms in total. The van der Waals surface area contributed by atoms with Crippen molar-refractivity contribution in [3.05, 3.63) is 105 Å². The van der Waals surface area contributed by atoms with Gasteiger partial charge in [0, 0.05) is 11.8 Å². The largest absolute Gasteiger partial charge is 0.319 e. The molecular formula is C23H21FN6O3. The number of nitrogens with one attached hydrogen (secondary N) is 1. The topological polar surface area (TPSA) is 108 Å². The van der Waals surface area contributed by atoms with Crippen LogP contribution in [0.4, 0.5) is 15.8 Å². The van der Waals surface area contributed by atoms with Crippen LogP contribution >= 0.6 is 0 Å². The number of carbonyl (C=O) groups is 1. The van der Waals surface area contributed by atoms with Crippen LogP contribution < -0.4 is 5.32 Å². The van der Waals surface area contributed by atoms with Crippen LogP contribution in [-0.4, -0.2) is 30.4 Å². The molecule has 4 aromatic rings. The standard InChI is InChI=1S/C23H21FN6O3/c1-15-22(30(32)33)16(2)29(27-15)13-17-5-3-7-19(9-17)23(31)26-21-11-25-28(14-21)12-18-6-4-8-20(24)10-18/h3-11,14H,12-13H2,1-2H3,(H,26,31). The van der Waals surface area contributed by atoms with E-state index in [0.717, 1.165) is 11.1 Å². The maximum absolute atomic E-state index is 13.4. The van der Waals surface area contributed by atoms with Gasteiger partial charge in [0.25, 0.3) is 5.91 Å². The highest BCUT2D eigenvalue weighted by atomic mass is 19.1. The summed E-state index contributed by atoms with van der Waals surface area (Å²) in [5, 5.41) is 22.5. The zero-order valence-electron chi connectivity index (χ0n) is 18.0. The van der Waals surface area contributed by atoms with Gasteiger partial charge in [-0.1, -0.05) is 24.3 Å². The van der Waals surface area contributed by atoms with Gasteiger partial charge in [0.1, 0.15) is 17.2 Å². The van der Waals surface area contributed by atoms with Gasteiger partial charge in [-0.15, -0.1) is 0 Å². The fraction of sp³-hybridized carbons (Fsp3) is 0.174. The quantitative estimate of drug-likeness (QED) is 0.338. The molecule has 2 aromatic carbocycles. The van der Waals surface area contributed by atoms with Crippen LogP contribution in [0.3, 0.4) is 0 Å². The first kappa shape index (κ1) is 21.9. The molecule has 0 unspecified atom stereocenters. The normalized spacial score (nSPS) is 10.9. The molecule has 168 valence electrons. The predicted molar refractivity (Wildman–Crippen MR) is 120 cm³/mol. The Labute approximate surface area is 188 Å². The average Bonchev–Trinajstić information content (AvgIpc) is 3.31. The van der Waals surface area contributed by atoms with E-state index in [9.17, 15) is 19.3 Å². The lowest BCUT2D eigenvalue weighted by molar-refractivity contribution is -0.386. The molecule has 1 N–H and O–H groups in total.